The first kappa shape index (κ1) is 14.1. The normalized spacial score (nSPS) is 10.3. The number of nitrogens with zero attached hydrogens (tertiary/aromatic N) is 2. The van der Waals surface area contributed by atoms with Crippen LogP contribution in [0.15, 0.2) is 42.6 Å². The average molecular weight is 270 g/mol. The van der Waals surface area contributed by atoms with Crippen LogP contribution in [0.25, 0.3) is 0 Å². The molecule has 0 atom stereocenters. The Hall–Kier alpha value is -2.36. The number of rotatable bonds is 5. The molecule has 1 aromatic carbocycles. The van der Waals surface area contributed by atoms with Gasteiger partial charge < -0.3 is 10.0 Å². The molecule has 2 aromatic rings. The zero-order chi connectivity index (χ0) is 14.5. The Labute approximate surface area is 118 Å². The monoisotopic (exact) mass is 270 g/mol. The van der Waals surface area contributed by atoms with Gasteiger partial charge in [0.25, 0.3) is 0 Å². The number of benzene rings is 1. The van der Waals surface area contributed by atoms with Crippen molar-refractivity contribution in [1.29, 1.82) is 0 Å². The fourth-order valence-corrected chi connectivity index (χ4v) is 2.15. The molecule has 0 fully saturated rings. The van der Waals surface area contributed by atoms with Gasteiger partial charge in [-0.2, -0.15) is 0 Å². The summed E-state index contributed by atoms with van der Waals surface area (Å²) >= 11 is 0. The highest BCUT2D eigenvalue weighted by Gasteiger charge is 2.17. The number of aromatic carboxylic acids is 1. The second kappa shape index (κ2) is 6.19. The lowest BCUT2D eigenvalue weighted by Crippen LogP contribution is -2.24. The molecular weight excluding hydrogens is 252 g/mol. The Morgan fingerprint density at radius 1 is 1.25 bits per heavy atom. The quantitative estimate of drug-likeness (QED) is 0.907. The van der Waals surface area contributed by atoms with Gasteiger partial charge in [0.15, 0.2) is 0 Å². The number of carbonyl (C=O) groups is 1. The highest BCUT2D eigenvalue weighted by atomic mass is 16.4. The summed E-state index contributed by atoms with van der Waals surface area (Å²) in [6.45, 7) is 2.51. The average Bonchev–Trinajstić information content (AvgIpc) is 2.45. The van der Waals surface area contributed by atoms with Crippen LogP contribution in [0, 0.1) is 6.92 Å². The van der Waals surface area contributed by atoms with Crippen molar-refractivity contribution in [3.8, 4) is 0 Å². The van der Waals surface area contributed by atoms with Crippen LogP contribution >= 0.6 is 0 Å². The topological polar surface area (TPSA) is 53.4 Å². The zero-order valence-corrected chi connectivity index (χ0v) is 11.7. The van der Waals surface area contributed by atoms with Gasteiger partial charge in [0.2, 0.25) is 0 Å². The number of carboxylic acids is 1. The number of carboxylic acid groups (broad SMARTS) is 1. The minimum atomic E-state index is -0.933. The molecule has 0 aliphatic carbocycles. The van der Waals surface area contributed by atoms with Gasteiger partial charge in [-0.25, -0.2) is 9.78 Å². The Bertz CT molecular complexity index is 597. The first-order chi connectivity index (χ1) is 9.59. The summed E-state index contributed by atoms with van der Waals surface area (Å²) in [7, 11) is 1.87. The molecule has 1 N–H and O–H groups in total. The van der Waals surface area contributed by atoms with Crippen LogP contribution in [0.5, 0.6) is 0 Å². The van der Waals surface area contributed by atoms with Gasteiger partial charge in [0.05, 0.1) is 0 Å². The highest BCUT2D eigenvalue weighted by Crippen LogP contribution is 2.20. The van der Waals surface area contributed by atoms with Crippen LogP contribution in [0.2, 0.25) is 0 Å². The van der Waals surface area contributed by atoms with Gasteiger partial charge in [-0.1, -0.05) is 30.3 Å². The van der Waals surface area contributed by atoms with Gasteiger partial charge in [0, 0.05) is 19.8 Å². The SMILES string of the molecule is Cc1ccnc(N(C)CCc2ccccc2)c1C(=O)O. The van der Waals surface area contributed by atoms with Gasteiger partial charge >= 0.3 is 5.97 Å². The van der Waals surface area contributed by atoms with Gasteiger partial charge in [-0.15, -0.1) is 0 Å². The Morgan fingerprint density at radius 3 is 2.60 bits per heavy atom. The summed E-state index contributed by atoms with van der Waals surface area (Å²) in [5.41, 5.74) is 2.24. The van der Waals surface area contributed by atoms with Gasteiger partial charge in [0.1, 0.15) is 11.4 Å². The van der Waals surface area contributed by atoms with Crippen LogP contribution in [-0.4, -0.2) is 29.7 Å². The van der Waals surface area contributed by atoms with Crippen molar-refractivity contribution in [2.75, 3.05) is 18.5 Å². The predicted molar refractivity (Wildman–Crippen MR) is 79.3 cm³/mol. The fraction of sp³-hybridized carbons (Fsp3) is 0.250. The van der Waals surface area contributed by atoms with E-state index in [1.54, 1.807) is 19.2 Å². The number of aryl methyl sites for hydroxylation is 1. The first-order valence-electron chi connectivity index (χ1n) is 6.53. The second-order valence-corrected chi connectivity index (χ2v) is 4.79. The largest absolute Gasteiger partial charge is 0.478 e. The third-order valence-electron chi connectivity index (χ3n) is 3.29. The van der Waals surface area contributed by atoms with E-state index in [0.717, 1.165) is 18.5 Å². The van der Waals surface area contributed by atoms with E-state index in [1.807, 2.05) is 30.1 Å². The molecule has 2 rings (SSSR count). The van der Waals surface area contributed by atoms with Crippen LogP contribution in [0.4, 0.5) is 5.82 Å². The Balaban J connectivity index is 2.15. The van der Waals surface area contributed by atoms with Gasteiger partial charge in [-0.05, 0) is 30.5 Å². The molecule has 0 spiro atoms. The van der Waals surface area contributed by atoms with Crippen LogP contribution in [-0.2, 0) is 6.42 Å². The number of pyridine rings is 1. The van der Waals surface area contributed by atoms with Crippen LogP contribution < -0.4 is 4.90 Å². The van der Waals surface area contributed by atoms with E-state index in [2.05, 4.69) is 17.1 Å². The van der Waals surface area contributed by atoms with Crippen molar-refractivity contribution in [3.05, 3.63) is 59.3 Å². The molecule has 4 heteroatoms. The number of likely N-dealkylation sites (N-methyl/N-ethyl adjacent to an activating group) is 1. The minimum absolute atomic E-state index is 0.281. The van der Waals surface area contributed by atoms with E-state index in [4.69, 9.17) is 0 Å². The maximum Gasteiger partial charge on any atom is 0.339 e. The van der Waals surface area contributed by atoms with Crippen LogP contribution in [0.1, 0.15) is 21.5 Å². The van der Waals surface area contributed by atoms with Crippen LogP contribution in [0.3, 0.4) is 0 Å². The molecule has 0 aliphatic rings. The van der Waals surface area contributed by atoms with Crippen molar-refractivity contribution in [2.24, 2.45) is 0 Å². The third-order valence-corrected chi connectivity index (χ3v) is 3.29. The second-order valence-electron chi connectivity index (χ2n) is 4.79. The molecule has 1 aromatic heterocycles. The molecule has 0 aliphatic heterocycles. The third kappa shape index (κ3) is 3.15. The zero-order valence-electron chi connectivity index (χ0n) is 11.7. The van der Waals surface area contributed by atoms with E-state index in [1.165, 1.54) is 5.56 Å². The summed E-state index contributed by atoms with van der Waals surface area (Å²) in [6.07, 6.45) is 2.50. The molecule has 104 valence electrons. The van der Waals surface area contributed by atoms with Crippen molar-refractivity contribution < 1.29 is 9.90 Å². The van der Waals surface area contributed by atoms with Crippen molar-refractivity contribution in [1.82, 2.24) is 4.98 Å². The smallest absolute Gasteiger partial charge is 0.339 e. The van der Waals surface area contributed by atoms with Gasteiger partial charge in [-0.3, -0.25) is 0 Å². The number of aromatic nitrogens is 1. The summed E-state index contributed by atoms with van der Waals surface area (Å²) in [5.74, 6) is -0.411. The van der Waals surface area contributed by atoms with E-state index in [-0.39, 0.29) is 5.56 Å². The molecule has 0 saturated heterocycles. The van der Waals surface area contributed by atoms with Crippen molar-refractivity contribution in [2.45, 2.75) is 13.3 Å². The summed E-state index contributed by atoms with van der Waals surface area (Å²) in [6, 6.07) is 11.8. The molecular formula is C16H18N2O2. The lowest BCUT2D eigenvalue weighted by molar-refractivity contribution is 0.0696. The maximum atomic E-state index is 11.4. The summed E-state index contributed by atoms with van der Waals surface area (Å²) < 4.78 is 0. The van der Waals surface area contributed by atoms with E-state index in [0.29, 0.717) is 5.82 Å². The first-order valence-corrected chi connectivity index (χ1v) is 6.53. The molecule has 4 nitrogen and oxygen atoms in total. The molecule has 0 bridgehead atoms. The molecule has 0 amide bonds. The molecule has 0 saturated carbocycles. The van der Waals surface area contributed by atoms with Crippen molar-refractivity contribution in [3.63, 3.8) is 0 Å². The Kier molecular flexibility index (Phi) is 4.35. The fourth-order valence-electron chi connectivity index (χ4n) is 2.15. The summed E-state index contributed by atoms with van der Waals surface area (Å²) in [5, 5.41) is 9.31. The molecule has 1 heterocycles. The number of hydrogen-bond acceptors (Lipinski definition) is 3. The predicted octanol–water partition coefficient (Wildman–Crippen LogP) is 2.77. The Morgan fingerprint density at radius 2 is 1.95 bits per heavy atom. The minimum Gasteiger partial charge on any atom is -0.478 e. The highest BCUT2D eigenvalue weighted by molar-refractivity contribution is 5.94. The van der Waals surface area contributed by atoms with Crippen molar-refractivity contribution >= 4 is 11.8 Å². The molecule has 20 heavy (non-hydrogen) atoms. The maximum absolute atomic E-state index is 11.4. The summed E-state index contributed by atoms with van der Waals surface area (Å²) in [4.78, 5) is 17.5. The van der Waals surface area contributed by atoms with E-state index in [9.17, 15) is 9.90 Å². The standard InChI is InChI=1S/C16H18N2O2/c1-12-8-10-17-15(14(12)16(19)20)18(2)11-9-13-6-4-3-5-7-13/h3-8,10H,9,11H2,1-2H3,(H,19,20). The van der Waals surface area contributed by atoms with E-state index >= 15 is 0 Å². The number of hydrogen-bond donors (Lipinski definition) is 1. The van der Waals surface area contributed by atoms with E-state index < -0.39 is 5.97 Å². The lowest BCUT2D eigenvalue weighted by Gasteiger charge is -2.20. The number of anilines is 1. The lowest BCUT2D eigenvalue weighted by atomic mass is 10.1. The molecule has 0 radical (unpaired) electrons. The molecule has 0 unspecified atom stereocenters.